The van der Waals surface area contributed by atoms with Gasteiger partial charge in [0.25, 0.3) is 5.91 Å². The first-order valence-electron chi connectivity index (χ1n) is 7.28. The molecule has 1 fully saturated rings. The van der Waals surface area contributed by atoms with Crippen molar-refractivity contribution in [2.24, 2.45) is 11.7 Å². The van der Waals surface area contributed by atoms with E-state index >= 15 is 0 Å². The molecule has 110 valence electrons. The maximum Gasteiger partial charge on any atom is 0.260 e. The number of benzene rings is 1. The number of nitrogens with zero attached hydrogens (tertiary/aromatic N) is 1. The Morgan fingerprint density at radius 2 is 2.05 bits per heavy atom. The van der Waals surface area contributed by atoms with Gasteiger partial charge in [0.05, 0.1) is 0 Å². The zero-order valence-electron chi connectivity index (χ0n) is 12.4. The van der Waals surface area contributed by atoms with Crippen LogP contribution in [0.4, 0.5) is 0 Å². The summed E-state index contributed by atoms with van der Waals surface area (Å²) in [5.41, 5.74) is 7.93. The van der Waals surface area contributed by atoms with Crippen LogP contribution in [0.2, 0.25) is 0 Å². The first kappa shape index (κ1) is 14.9. The maximum atomic E-state index is 12.1. The molecule has 1 saturated heterocycles. The molecular weight excluding hydrogens is 252 g/mol. The van der Waals surface area contributed by atoms with Crippen molar-refractivity contribution in [1.82, 2.24) is 4.90 Å². The second-order valence-corrected chi connectivity index (χ2v) is 5.62. The minimum absolute atomic E-state index is 0.0699. The number of rotatable bonds is 4. The number of amides is 1. The van der Waals surface area contributed by atoms with Crippen molar-refractivity contribution in [3.8, 4) is 5.75 Å². The number of ether oxygens (including phenoxy) is 1. The van der Waals surface area contributed by atoms with Gasteiger partial charge < -0.3 is 15.4 Å². The van der Waals surface area contributed by atoms with Crippen molar-refractivity contribution in [2.45, 2.75) is 26.7 Å². The predicted molar refractivity (Wildman–Crippen MR) is 79.8 cm³/mol. The Bertz CT molecular complexity index is 466. The van der Waals surface area contributed by atoms with Gasteiger partial charge in [0, 0.05) is 13.1 Å². The largest absolute Gasteiger partial charge is 0.484 e. The Hall–Kier alpha value is -1.55. The van der Waals surface area contributed by atoms with E-state index in [2.05, 4.69) is 6.07 Å². The van der Waals surface area contributed by atoms with E-state index in [4.69, 9.17) is 10.5 Å². The lowest BCUT2D eigenvalue weighted by Crippen LogP contribution is -2.42. The van der Waals surface area contributed by atoms with Crippen LogP contribution in [0.5, 0.6) is 5.75 Å². The Kier molecular flexibility index (Phi) is 5.01. The van der Waals surface area contributed by atoms with Gasteiger partial charge in [-0.2, -0.15) is 0 Å². The van der Waals surface area contributed by atoms with Gasteiger partial charge in [-0.15, -0.1) is 0 Å². The molecule has 2 rings (SSSR count). The molecule has 1 heterocycles. The summed E-state index contributed by atoms with van der Waals surface area (Å²) in [6.45, 7) is 6.50. The minimum atomic E-state index is 0.0699. The van der Waals surface area contributed by atoms with Crippen LogP contribution in [0, 0.1) is 19.8 Å². The molecule has 2 N–H and O–H groups in total. The highest BCUT2D eigenvalue weighted by Gasteiger charge is 2.22. The van der Waals surface area contributed by atoms with Crippen LogP contribution < -0.4 is 10.5 Å². The van der Waals surface area contributed by atoms with Gasteiger partial charge in [-0.3, -0.25) is 4.79 Å². The Balaban J connectivity index is 1.83. The highest BCUT2D eigenvalue weighted by molar-refractivity contribution is 5.77. The summed E-state index contributed by atoms with van der Waals surface area (Å²) >= 11 is 0. The highest BCUT2D eigenvalue weighted by Crippen LogP contribution is 2.19. The van der Waals surface area contributed by atoms with E-state index in [0.29, 0.717) is 5.92 Å². The van der Waals surface area contributed by atoms with Crippen LogP contribution in [0.3, 0.4) is 0 Å². The molecule has 1 aromatic carbocycles. The molecule has 0 aliphatic carbocycles. The van der Waals surface area contributed by atoms with Crippen LogP contribution in [-0.4, -0.2) is 37.0 Å². The van der Waals surface area contributed by atoms with E-state index < -0.39 is 0 Å². The van der Waals surface area contributed by atoms with E-state index in [9.17, 15) is 4.79 Å². The predicted octanol–water partition coefficient (Wildman–Crippen LogP) is 1.88. The number of hydrogen-bond donors (Lipinski definition) is 1. The van der Waals surface area contributed by atoms with Crippen LogP contribution in [-0.2, 0) is 4.79 Å². The third kappa shape index (κ3) is 3.73. The molecule has 0 bridgehead atoms. The highest BCUT2D eigenvalue weighted by atomic mass is 16.5. The Morgan fingerprint density at radius 3 is 2.65 bits per heavy atom. The molecule has 0 atom stereocenters. The topological polar surface area (TPSA) is 55.6 Å². The lowest BCUT2D eigenvalue weighted by atomic mass is 9.97. The van der Waals surface area contributed by atoms with Crippen molar-refractivity contribution in [1.29, 1.82) is 0 Å². The molecule has 0 spiro atoms. The van der Waals surface area contributed by atoms with Crippen LogP contribution >= 0.6 is 0 Å². The quantitative estimate of drug-likeness (QED) is 0.913. The van der Waals surface area contributed by atoms with Gasteiger partial charge in [-0.1, -0.05) is 17.7 Å². The van der Waals surface area contributed by atoms with Gasteiger partial charge in [0.1, 0.15) is 5.75 Å². The minimum Gasteiger partial charge on any atom is -0.484 e. The fourth-order valence-corrected chi connectivity index (χ4v) is 2.61. The van der Waals surface area contributed by atoms with E-state index in [1.165, 1.54) is 5.56 Å². The average molecular weight is 276 g/mol. The molecular formula is C16H24N2O2. The third-order valence-electron chi connectivity index (χ3n) is 3.98. The normalized spacial score (nSPS) is 16.2. The number of hydrogen-bond acceptors (Lipinski definition) is 3. The van der Waals surface area contributed by atoms with Gasteiger partial charge in [-0.25, -0.2) is 0 Å². The summed E-state index contributed by atoms with van der Waals surface area (Å²) in [7, 11) is 0. The van der Waals surface area contributed by atoms with E-state index in [1.807, 2.05) is 30.9 Å². The van der Waals surface area contributed by atoms with Crippen molar-refractivity contribution in [3.63, 3.8) is 0 Å². The number of piperidine rings is 1. The van der Waals surface area contributed by atoms with Gasteiger partial charge in [0.15, 0.2) is 6.61 Å². The molecule has 0 radical (unpaired) electrons. The summed E-state index contributed by atoms with van der Waals surface area (Å²) < 4.78 is 5.64. The monoisotopic (exact) mass is 276 g/mol. The smallest absolute Gasteiger partial charge is 0.260 e. The molecule has 0 unspecified atom stereocenters. The summed E-state index contributed by atoms with van der Waals surface area (Å²) in [6, 6.07) is 5.99. The average Bonchev–Trinajstić information content (AvgIpc) is 2.46. The Labute approximate surface area is 120 Å². The second kappa shape index (κ2) is 6.75. The van der Waals surface area contributed by atoms with Gasteiger partial charge in [0.2, 0.25) is 0 Å². The molecule has 20 heavy (non-hydrogen) atoms. The van der Waals surface area contributed by atoms with Gasteiger partial charge in [-0.05, 0) is 50.8 Å². The number of likely N-dealkylation sites (tertiary alicyclic amines) is 1. The summed E-state index contributed by atoms with van der Waals surface area (Å²) in [6.07, 6.45) is 2.01. The van der Waals surface area contributed by atoms with E-state index in [0.717, 1.165) is 43.8 Å². The van der Waals surface area contributed by atoms with Crippen molar-refractivity contribution in [3.05, 3.63) is 29.3 Å². The van der Waals surface area contributed by atoms with Crippen LogP contribution in [0.1, 0.15) is 24.0 Å². The lowest BCUT2D eigenvalue weighted by Gasteiger charge is -2.31. The second-order valence-electron chi connectivity index (χ2n) is 5.62. The zero-order chi connectivity index (χ0) is 14.5. The van der Waals surface area contributed by atoms with Crippen molar-refractivity contribution >= 4 is 5.91 Å². The van der Waals surface area contributed by atoms with Crippen molar-refractivity contribution < 1.29 is 9.53 Å². The SMILES string of the molecule is Cc1ccc(OCC(=O)N2CCC(CN)CC2)c(C)c1. The molecule has 4 nitrogen and oxygen atoms in total. The fraction of sp³-hybridized carbons (Fsp3) is 0.562. The molecule has 4 heteroatoms. The van der Waals surface area contributed by atoms with E-state index in [1.54, 1.807) is 0 Å². The summed E-state index contributed by atoms with van der Waals surface area (Å²) in [5, 5.41) is 0. The van der Waals surface area contributed by atoms with Gasteiger partial charge >= 0.3 is 0 Å². The number of carbonyl (C=O) groups is 1. The number of carbonyl (C=O) groups excluding carboxylic acids is 1. The van der Waals surface area contributed by atoms with Crippen LogP contribution in [0.15, 0.2) is 18.2 Å². The Morgan fingerprint density at radius 1 is 1.35 bits per heavy atom. The van der Waals surface area contributed by atoms with Crippen molar-refractivity contribution in [2.75, 3.05) is 26.2 Å². The molecule has 0 aromatic heterocycles. The first-order valence-corrected chi connectivity index (χ1v) is 7.28. The third-order valence-corrected chi connectivity index (χ3v) is 3.98. The summed E-state index contributed by atoms with van der Waals surface area (Å²) in [5.74, 6) is 1.43. The maximum absolute atomic E-state index is 12.1. The molecule has 1 aromatic rings. The first-order chi connectivity index (χ1) is 9.60. The molecule has 1 amide bonds. The number of aryl methyl sites for hydroxylation is 2. The lowest BCUT2D eigenvalue weighted by molar-refractivity contribution is -0.134. The fourth-order valence-electron chi connectivity index (χ4n) is 2.61. The molecule has 1 aliphatic heterocycles. The van der Waals surface area contributed by atoms with E-state index in [-0.39, 0.29) is 12.5 Å². The molecule has 1 aliphatic rings. The standard InChI is InChI=1S/C16H24N2O2/c1-12-3-4-15(13(2)9-12)20-11-16(19)18-7-5-14(10-17)6-8-18/h3-4,9,14H,5-8,10-11,17H2,1-2H3. The summed E-state index contributed by atoms with van der Waals surface area (Å²) in [4.78, 5) is 14.0. The molecule has 0 saturated carbocycles. The zero-order valence-corrected chi connectivity index (χ0v) is 12.4. The van der Waals surface area contributed by atoms with Crippen LogP contribution in [0.25, 0.3) is 0 Å². The number of nitrogens with two attached hydrogens (primary N) is 1.